The van der Waals surface area contributed by atoms with Crippen molar-refractivity contribution in [3.8, 4) is 0 Å². The summed E-state index contributed by atoms with van der Waals surface area (Å²) < 4.78 is 31.7. The highest BCUT2D eigenvalue weighted by atomic mass is 32.2. The average molecular weight is 254 g/mol. The molecule has 1 aromatic rings. The summed E-state index contributed by atoms with van der Waals surface area (Å²) in [6.45, 7) is 1.78. The molecule has 0 spiro atoms. The van der Waals surface area contributed by atoms with E-state index in [1.165, 1.54) is 25.3 Å². The van der Waals surface area contributed by atoms with Crippen molar-refractivity contribution in [3.05, 3.63) is 29.3 Å². The van der Waals surface area contributed by atoms with Crippen molar-refractivity contribution < 1.29 is 13.0 Å². The average Bonchev–Trinajstić information content (AvgIpc) is 2.29. The molecule has 94 valence electrons. The zero-order valence-corrected chi connectivity index (χ0v) is 10.8. The van der Waals surface area contributed by atoms with Gasteiger partial charge in [-0.05, 0) is 42.9 Å². The molecule has 0 heterocycles. The lowest BCUT2D eigenvalue weighted by molar-refractivity contribution is 0.441. The second-order valence-electron chi connectivity index (χ2n) is 4.78. The smallest absolute Gasteiger partial charge is 0.282 e. The zero-order chi connectivity index (χ0) is 12.5. The minimum absolute atomic E-state index is 0.0561. The Labute approximate surface area is 103 Å². The third kappa shape index (κ3) is 2.69. The minimum Gasteiger partial charge on any atom is -0.282 e. The molecule has 0 bridgehead atoms. The molecule has 0 unspecified atom stereocenters. The van der Waals surface area contributed by atoms with Crippen molar-refractivity contribution in [1.82, 2.24) is 0 Å². The van der Waals surface area contributed by atoms with Crippen LogP contribution in [0.1, 0.15) is 49.1 Å². The molecule has 0 aliphatic heterocycles. The number of hydrogen-bond donors (Lipinski definition) is 1. The Morgan fingerprint density at radius 1 is 1.18 bits per heavy atom. The lowest BCUT2D eigenvalue weighted by Gasteiger charge is -2.24. The molecule has 4 heteroatoms. The van der Waals surface area contributed by atoms with Crippen LogP contribution in [0.15, 0.2) is 23.1 Å². The van der Waals surface area contributed by atoms with Crippen LogP contribution in [0.25, 0.3) is 0 Å². The van der Waals surface area contributed by atoms with E-state index in [9.17, 15) is 8.42 Å². The first kappa shape index (κ1) is 12.6. The van der Waals surface area contributed by atoms with Crippen LogP contribution >= 0.6 is 0 Å². The summed E-state index contributed by atoms with van der Waals surface area (Å²) in [7, 11) is -4.09. The zero-order valence-electron chi connectivity index (χ0n) is 10.0. The largest absolute Gasteiger partial charge is 0.294 e. The van der Waals surface area contributed by atoms with Gasteiger partial charge in [0, 0.05) is 0 Å². The Morgan fingerprint density at radius 3 is 2.41 bits per heavy atom. The Morgan fingerprint density at radius 2 is 1.82 bits per heavy atom. The highest BCUT2D eigenvalue weighted by Crippen LogP contribution is 2.35. The van der Waals surface area contributed by atoms with Gasteiger partial charge in [-0.25, -0.2) is 0 Å². The Hall–Kier alpha value is -0.870. The lowest BCUT2D eigenvalue weighted by Crippen LogP contribution is -2.09. The van der Waals surface area contributed by atoms with Gasteiger partial charge in [-0.1, -0.05) is 31.4 Å². The van der Waals surface area contributed by atoms with Gasteiger partial charge < -0.3 is 0 Å². The Balaban J connectivity index is 2.42. The highest BCUT2D eigenvalue weighted by molar-refractivity contribution is 7.85. The summed E-state index contributed by atoms with van der Waals surface area (Å²) >= 11 is 0. The third-order valence-corrected chi connectivity index (χ3v) is 4.65. The minimum atomic E-state index is -4.09. The van der Waals surface area contributed by atoms with Gasteiger partial charge in [-0.3, -0.25) is 4.55 Å². The summed E-state index contributed by atoms with van der Waals surface area (Å²) in [5, 5.41) is 0. The molecular formula is C13H18O3S. The van der Waals surface area contributed by atoms with Gasteiger partial charge in [0.1, 0.15) is 0 Å². The summed E-state index contributed by atoms with van der Waals surface area (Å²) in [6.07, 6.45) is 5.93. The highest BCUT2D eigenvalue weighted by Gasteiger charge is 2.21. The van der Waals surface area contributed by atoms with Crippen molar-refractivity contribution in [2.24, 2.45) is 0 Å². The fraction of sp³-hybridized carbons (Fsp3) is 0.538. The second-order valence-corrected chi connectivity index (χ2v) is 6.17. The van der Waals surface area contributed by atoms with Gasteiger partial charge in [-0.2, -0.15) is 8.42 Å². The van der Waals surface area contributed by atoms with E-state index in [4.69, 9.17) is 4.55 Å². The molecule has 0 atom stereocenters. The van der Waals surface area contributed by atoms with Crippen molar-refractivity contribution >= 4 is 10.1 Å². The van der Waals surface area contributed by atoms with Crippen molar-refractivity contribution in [2.75, 3.05) is 0 Å². The Kier molecular flexibility index (Phi) is 3.54. The van der Waals surface area contributed by atoms with E-state index < -0.39 is 10.1 Å². The van der Waals surface area contributed by atoms with Crippen LogP contribution in [-0.2, 0) is 10.1 Å². The normalized spacial score (nSPS) is 18.2. The van der Waals surface area contributed by atoms with Gasteiger partial charge in [0.2, 0.25) is 0 Å². The van der Waals surface area contributed by atoms with Crippen molar-refractivity contribution in [3.63, 3.8) is 0 Å². The second kappa shape index (κ2) is 4.78. The maximum Gasteiger partial charge on any atom is 0.294 e. The van der Waals surface area contributed by atoms with E-state index in [0.717, 1.165) is 18.4 Å². The van der Waals surface area contributed by atoms with E-state index in [2.05, 4.69) is 0 Å². The van der Waals surface area contributed by atoms with E-state index in [-0.39, 0.29) is 4.90 Å². The van der Waals surface area contributed by atoms with Crippen LogP contribution in [-0.4, -0.2) is 13.0 Å². The molecule has 2 rings (SSSR count). The number of hydrogen-bond acceptors (Lipinski definition) is 2. The molecule has 17 heavy (non-hydrogen) atoms. The standard InChI is InChI=1S/C13H18O3S/c1-10-12(11-6-3-2-4-7-11)8-5-9-13(10)17(14,15)16/h5,8-9,11H,2-4,6-7H2,1H3,(H,14,15,16). The van der Waals surface area contributed by atoms with E-state index >= 15 is 0 Å². The van der Waals surface area contributed by atoms with Crippen molar-refractivity contribution in [2.45, 2.75) is 49.8 Å². The van der Waals surface area contributed by atoms with E-state index in [1.807, 2.05) is 6.07 Å². The lowest BCUT2D eigenvalue weighted by atomic mass is 9.82. The topological polar surface area (TPSA) is 54.4 Å². The third-order valence-electron chi connectivity index (χ3n) is 3.65. The summed E-state index contributed by atoms with van der Waals surface area (Å²) in [6, 6.07) is 5.18. The van der Waals surface area contributed by atoms with Crippen LogP contribution < -0.4 is 0 Å². The molecule has 0 amide bonds. The molecule has 1 fully saturated rings. The van der Waals surface area contributed by atoms with Gasteiger partial charge in [0.25, 0.3) is 10.1 Å². The Bertz CT molecular complexity index is 499. The van der Waals surface area contributed by atoms with Crippen LogP contribution in [0.3, 0.4) is 0 Å². The van der Waals surface area contributed by atoms with Gasteiger partial charge >= 0.3 is 0 Å². The summed E-state index contributed by atoms with van der Waals surface area (Å²) in [5.74, 6) is 0.449. The summed E-state index contributed by atoms with van der Waals surface area (Å²) in [4.78, 5) is 0.0561. The fourth-order valence-corrected chi connectivity index (χ4v) is 3.52. The predicted octanol–water partition coefficient (Wildman–Crippen LogP) is 3.29. The van der Waals surface area contributed by atoms with E-state index in [1.54, 1.807) is 13.0 Å². The number of rotatable bonds is 2. The molecule has 3 nitrogen and oxygen atoms in total. The molecule has 1 N–H and O–H groups in total. The molecule has 1 saturated carbocycles. The van der Waals surface area contributed by atoms with Gasteiger partial charge in [0.15, 0.2) is 0 Å². The first-order chi connectivity index (χ1) is 8.00. The quantitative estimate of drug-likeness (QED) is 0.824. The van der Waals surface area contributed by atoms with Crippen LogP contribution in [0.2, 0.25) is 0 Å². The molecule has 0 saturated heterocycles. The molecule has 0 aromatic heterocycles. The van der Waals surface area contributed by atoms with Crippen molar-refractivity contribution in [1.29, 1.82) is 0 Å². The maximum atomic E-state index is 11.2. The van der Waals surface area contributed by atoms with Crippen LogP contribution in [0, 0.1) is 6.92 Å². The molecule has 0 radical (unpaired) electrons. The summed E-state index contributed by atoms with van der Waals surface area (Å²) in [5.41, 5.74) is 1.79. The fourth-order valence-electron chi connectivity index (χ4n) is 2.77. The molecular weight excluding hydrogens is 236 g/mol. The van der Waals surface area contributed by atoms with Crippen LogP contribution in [0.4, 0.5) is 0 Å². The maximum absolute atomic E-state index is 11.2. The monoisotopic (exact) mass is 254 g/mol. The van der Waals surface area contributed by atoms with Gasteiger partial charge in [-0.15, -0.1) is 0 Å². The van der Waals surface area contributed by atoms with Crippen LogP contribution in [0.5, 0.6) is 0 Å². The SMILES string of the molecule is Cc1c(C2CCCCC2)cccc1S(=O)(=O)O. The first-order valence-corrected chi connectivity index (χ1v) is 7.51. The molecule has 1 aliphatic carbocycles. The first-order valence-electron chi connectivity index (χ1n) is 6.07. The van der Waals surface area contributed by atoms with E-state index in [0.29, 0.717) is 11.5 Å². The molecule has 1 aromatic carbocycles. The molecule has 1 aliphatic rings. The number of benzene rings is 1. The van der Waals surface area contributed by atoms with Gasteiger partial charge in [0.05, 0.1) is 4.90 Å². The predicted molar refractivity (Wildman–Crippen MR) is 66.8 cm³/mol.